The van der Waals surface area contributed by atoms with Crippen molar-refractivity contribution in [3.05, 3.63) is 106 Å². The fourth-order valence-corrected chi connectivity index (χ4v) is 14.6. The van der Waals surface area contributed by atoms with Gasteiger partial charge in [-0.05, 0) is 167 Å². The average Bonchev–Trinajstić information content (AvgIpc) is 4.14. The number of fused-ring (bicyclic) bond motifs is 10. The van der Waals surface area contributed by atoms with E-state index >= 15 is 0 Å². The molecule has 6 aliphatic rings. The van der Waals surface area contributed by atoms with E-state index in [0.717, 1.165) is 80.2 Å². The van der Waals surface area contributed by atoms with E-state index in [-0.39, 0.29) is 43.1 Å². The Kier molecular flexibility index (Phi) is 20.5. The van der Waals surface area contributed by atoms with Crippen LogP contribution in [0.4, 0.5) is 11.4 Å². The predicted molar refractivity (Wildman–Crippen MR) is 322 cm³/mol. The maximum Gasteiger partial charge on any atom is 0.373 e. The molecule has 6 heterocycles. The molecule has 2 atom stereocenters. The monoisotopic (exact) mass is 1130 g/mol. The molecule has 0 unspecified atom stereocenters. The number of hydrogen-bond acceptors (Lipinski definition) is 10. The SMILES string of the molecule is COC[C@@H]1CCCN(C(=O)CN2C(=O)Cn3c(c(C4CCCCC4)c4ccc(C)cc43)-c3ccc(C)cc32)C1.COC[C@@H]1CCCN(CCN2C(=O)Cn3c(c(C4CCCCC4)c4ccc(C)cc43)-c3ccc(C)cc32)C1.O=C=O.O=C=O. The number of carbonyl (C=O) groups is 3. The average molecular weight is 1130 g/mol. The lowest BCUT2D eigenvalue weighted by atomic mass is 9.81. The minimum Gasteiger partial charge on any atom is -0.384 e. The molecule has 15 nitrogen and oxygen atoms in total. The number of likely N-dealkylation sites (tertiary alicyclic amines) is 2. The molecule has 0 bridgehead atoms. The van der Waals surface area contributed by atoms with E-state index in [4.69, 9.17) is 28.7 Å². The first-order valence-corrected chi connectivity index (χ1v) is 30.4. The zero-order valence-corrected chi connectivity index (χ0v) is 49.8. The van der Waals surface area contributed by atoms with Gasteiger partial charge in [-0.25, -0.2) is 0 Å². The molecule has 2 saturated carbocycles. The summed E-state index contributed by atoms with van der Waals surface area (Å²) in [7, 11) is 3.52. The lowest BCUT2D eigenvalue weighted by Gasteiger charge is -2.34. The van der Waals surface area contributed by atoms with Crippen LogP contribution in [-0.2, 0) is 56.1 Å². The molecule has 4 aromatic carbocycles. The number of amides is 3. The maximum atomic E-state index is 14.1. The second-order valence-electron chi connectivity index (χ2n) is 24.2. The van der Waals surface area contributed by atoms with Crippen LogP contribution in [0.5, 0.6) is 0 Å². The summed E-state index contributed by atoms with van der Waals surface area (Å²) >= 11 is 0. The van der Waals surface area contributed by atoms with E-state index in [1.165, 1.54) is 138 Å². The third kappa shape index (κ3) is 13.5. The van der Waals surface area contributed by atoms with Gasteiger partial charge in [0.25, 0.3) is 0 Å². The first-order chi connectivity index (χ1) is 40.3. The summed E-state index contributed by atoms with van der Waals surface area (Å²) in [6.07, 6.45) is 17.6. The van der Waals surface area contributed by atoms with Crippen LogP contribution in [0.25, 0.3) is 44.3 Å². The minimum atomic E-state index is -0.0204. The quantitative estimate of drug-likeness (QED) is 0.122. The summed E-state index contributed by atoms with van der Waals surface area (Å²) in [5.74, 6) is 2.21. The topological polar surface area (TPSA) is 161 Å². The lowest BCUT2D eigenvalue weighted by Crippen LogP contribution is -2.47. The molecular formula is C68H84N6O9. The van der Waals surface area contributed by atoms with E-state index in [1.807, 2.05) is 4.90 Å². The second-order valence-corrected chi connectivity index (χ2v) is 24.2. The van der Waals surface area contributed by atoms with Crippen molar-refractivity contribution >= 4 is 63.2 Å². The first-order valence-electron chi connectivity index (χ1n) is 30.4. The number of methoxy groups -OCH3 is 2. The molecule has 2 aromatic heterocycles. The van der Waals surface area contributed by atoms with Crippen molar-refractivity contribution in [1.29, 1.82) is 0 Å². The van der Waals surface area contributed by atoms with Gasteiger partial charge in [0.1, 0.15) is 19.6 Å². The van der Waals surface area contributed by atoms with Crippen molar-refractivity contribution in [2.24, 2.45) is 11.8 Å². The van der Waals surface area contributed by atoms with Crippen LogP contribution >= 0.6 is 0 Å². The number of piperidine rings is 2. The Morgan fingerprint density at radius 3 is 1.45 bits per heavy atom. The van der Waals surface area contributed by atoms with Gasteiger partial charge in [-0.2, -0.15) is 19.2 Å². The maximum absolute atomic E-state index is 14.1. The standard InChI is InChI=1S/C33H41N3O3.C33H43N3O2.2CO2/c1-22-11-13-26-28(16-22)36-20-31(38)35(19-30(37)34-15-7-8-24(18-34)21-39-3)29-17-23(2)12-14-27(29)33(36)32(26)25-9-5-4-6-10-25;1-23-11-13-27-29(18-23)36-21-31(37)35(17-16-34-15-7-8-25(20-34)22-38-3)30-19-24(2)12-14-28(30)33(36)32(27)26-9-5-4-6-10-26;2*2-1-3/h11-14,16-17,24-25H,4-10,15,18-21H2,1-3H3;11-14,18-19,25-26H,4-10,15-17,20-22H2,1-3H3;;/t24-;25-;;/m11../s1. The highest BCUT2D eigenvalue weighted by molar-refractivity contribution is 6.07. The van der Waals surface area contributed by atoms with Gasteiger partial charge in [0.05, 0.1) is 36.0 Å². The highest BCUT2D eigenvalue weighted by Gasteiger charge is 2.37. The fraction of sp³-hybridized carbons (Fsp3) is 0.515. The zero-order valence-electron chi connectivity index (χ0n) is 49.8. The van der Waals surface area contributed by atoms with Gasteiger partial charge in [-0.1, -0.05) is 87.1 Å². The molecule has 4 fully saturated rings. The van der Waals surface area contributed by atoms with Gasteiger partial charge < -0.3 is 38.2 Å². The molecule has 12 rings (SSSR count). The first kappa shape index (κ1) is 60.6. The Morgan fingerprint density at radius 2 is 0.952 bits per heavy atom. The Balaban J connectivity index is 0.000000183. The Morgan fingerprint density at radius 1 is 0.518 bits per heavy atom. The van der Waals surface area contributed by atoms with E-state index in [2.05, 4.69) is 119 Å². The molecule has 4 aliphatic heterocycles. The molecule has 0 spiro atoms. The van der Waals surface area contributed by atoms with Crippen molar-refractivity contribution in [2.45, 2.75) is 143 Å². The van der Waals surface area contributed by atoms with Gasteiger partial charge in [-0.3, -0.25) is 14.4 Å². The summed E-state index contributed by atoms with van der Waals surface area (Å²) in [5, 5.41) is 2.63. The van der Waals surface area contributed by atoms with Crippen LogP contribution in [-0.4, -0.2) is 122 Å². The summed E-state index contributed by atoms with van der Waals surface area (Å²) < 4.78 is 15.4. The Hall–Kier alpha value is -6.99. The fourth-order valence-electron chi connectivity index (χ4n) is 14.6. The van der Waals surface area contributed by atoms with E-state index in [1.54, 1.807) is 19.1 Å². The molecule has 3 amide bonds. The van der Waals surface area contributed by atoms with Gasteiger partial charge in [0.15, 0.2) is 0 Å². The predicted octanol–water partition coefficient (Wildman–Crippen LogP) is 11.7. The Bertz CT molecular complexity index is 3340. The van der Waals surface area contributed by atoms with E-state index in [9.17, 15) is 14.4 Å². The van der Waals surface area contributed by atoms with Gasteiger partial charge in [-0.15, -0.1) is 0 Å². The second kappa shape index (κ2) is 28.1. The molecule has 15 heteroatoms. The molecule has 83 heavy (non-hydrogen) atoms. The van der Waals surface area contributed by atoms with Gasteiger partial charge in [0.2, 0.25) is 17.7 Å². The molecule has 440 valence electrons. The van der Waals surface area contributed by atoms with Crippen LogP contribution in [0.2, 0.25) is 0 Å². The third-order valence-corrected chi connectivity index (χ3v) is 18.3. The molecule has 0 radical (unpaired) electrons. The third-order valence-electron chi connectivity index (χ3n) is 18.3. The number of aryl methyl sites for hydroxylation is 4. The van der Waals surface area contributed by atoms with Crippen molar-refractivity contribution < 1.29 is 43.0 Å². The van der Waals surface area contributed by atoms with Crippen LogP contribution in [0.1, 0.15) is 135 Å². The van der Waals surface area contributed by atoms with Crippen molar-refractivity contribution in [2.75, 3.05) is 83.0 Å². The smallest absolute Gasteiger partial charge is 0.373 e. The highest BCUT2D eigenvalue weighted by Crippen LogP contribution is 2.50. The number of rotatable bonds is 11. The summed E-state index contributed by atoms with van der Waals surface area (Å²) in [6, 6.07) is 26.8. The Labute approximate surface area is 489 Å². The number of benzene rings is 4. The largest absolute Gasteiger partial charge is 0.384 e. The molecule has 2 saturated heterocycles. The van der Waals surface area contributed by atoms with Crippen molar-refractivity contribution in [1.82, 2.24) is 18.9 Å². The number of anilines is 2. The number of hydrogen-bond donors (Lipinski definition) is 0. The zero-order chi connectivity index (χ0) is 58.7. The van der Waals surface area contributed by atoms with Gasteiger partial charge >= 0.3 is 12.3 Å². The number of ether oxygens (including phenoxy) is 2. The summed E-state index contributed by atoms with van der Waals surface area (Å²) in [6.45, 7) is 16.0. The highest BCUT2D eigenvalue weighted by atomic mass is 16.5. The van der Waals surface area contributed by atoms with Crippen molar-refractivity contribution in [3.8, 4) is 22.5 Å². The summed E-state index contributed by atoms with van der Waals surface area (Å²) in [5.41, 5.74) is 16.7. The number of carbonyl (C=O) groups excluding carboxylic acids is 7. The normalized spacial score (nSPS) is 19.3. The summed E-state index contributed by atoms with van der Waals surface area (Å²) in [4.78, 5) is 82.6. The van der Waals surface area contributed by atoms with E-state index < -0.39 is 0 Å². The molecule has 6 aromatic rings. The molecular weight excluding hydrogens is 1040 g/mol. The molecule has 0 N–H and O–H groups in total. The number of aromatic nitrogens is 2. The minimum absolute atomic E-state index is 0.0204. The van der Waals surface area contributed by atoms with Gasteiger partial charge in [0, 0.05) is 79.9 Å². The lowest BCUT2D eigenvalue weighted by molar-refractivity contribution is -0.193. The van der Waals surface area contributed by atoms with E-state index in [0.29, 0.717) is 43.4 Å². The van der Waals surface area contributed by atoms with Crippen LogP contribution in [0.15, 0.2) is 72.8 Å². The van der Waals surface area contributed by atoms with Crippen molar-refractivity contribution in [3.63, 3.8) is 0 Å². The van der Waals surface area contributed by atoms with Crippen LogP contribution < -0.4 is 9.80 Å². The van der Waals surface area contributed by atoms with Crippen LogP contribution in [0.3, 0.4) is 0 Å². The number of nitrogens with zero attached hydrogens (tertiary/aromatic N) is 6. The molecule has 2 aliphatic carbocycles. The van der Waals surface area contributed by atoms with Crippen LogP contribution in [0, 0.1) is 39.5 Å².